The van der Waals surface area contributed by atoms with Crippen molar-refractivity contribution in [2.24, 2.45) is 11.1 Å². The summed E-state index contributed by atoms with van der Waals surface area (Å²) in [7, 11) is -1.41. The van der Waals surface area contributed by atoms with Gasteiger partial charge in [0.15, 0.2) is 0 Å². The van der Waals surface area contributed by atoms with Crippen LogP contribution in [0.15, 0.2) is 18.6 Å². The summed E-state index contributed by atoms with van der Waals surface area (Å²) in [4.78, 5) is 13.9. The first-order chi connectivity index (χ1) is 10.9. The molecule has 0 spiro atoms. The van der Waals surface area contributed by atoms with Gasteiger partial charge in [-0.2, -0.15) is 0 Å². The van der Waals surface area contributed by atoms with E-state index in [1.807, 2.05) is 19.3 Å². The number of anilines is 1. The summed E-state index contributed by atoms with van der Waals surface area (Å²) in [6, 6.07) is 2.34. The summed E-state index contributed by atoms with van der Waals surface area (Å²) >= 11 is 0. The number of nitrogens with two attached hydrogens (primary N) is 1. The van der Waals surface area contributed by atoms with E-state index in [1.54, 1.807) is 13.3 Å². The van der Waals surface area contributed by atoms with E-state index in [0.717, 1.165) is 42.5 Å². The zero-order valence-electron chi connectivity index (χ0n) is 13.4. The first-order valence-corrected chi connectivity index (χ1v) is 9.51. The first-order valence-electron chi connectivity index (χ1n) is 7.90. The van der Waals surface area contributed by atoms with Crippen LogP contribution in [0, 0.1) is 5.92 Å². The molecule has 2 heterocycles. The number of primary sulfonamides is 1. The molecule has 0 radical (unpaired) electrons. The molecule has 2 aromatic rings. The lowest BCUT2D eigenvalue weighted by molar-refractivity contribution is 0.313. The van der Waals surface area contributed by atoms with Crippen molar-refractivity contribution in [1.29, 1.82) is 0 Å². The maximum atomic E-state index is 11.5. The Morgan fingerprint density at radius 1 is 1.30 bits per heavy atom. The van der Waals surface area contributed by atoms with Crippen molar-refractivity contribution in [3.63, 3.8) is 0 Å². The fraction of sp³-hybridized carbons (Fsp3) is 0.600. The van der Waals surface area contributed by atoms with Crippen LogP contribution in [-0.2, 0) is 10.0 Å². The molecule has 1 saturated carbocycles. The van der Waals surface area contributed by atoms with Crippen LogP contribution in [0.4, 0.5) is 5.82 Å². The van der Waals surface area contributed by atoms with Crippen LogP contribution in [0.1, 0.15) is 32.6 Å². The molecule has 0 bridgehead atoms. The number of aromatic nitrogens is 3. The lowest BCUT2D eigenvalue weighted by atomic mass is 9.83. The van der Waals surface area contributed by atoms with Gasteiger partial charge in [0.25, 0.3) is 0 Å². The average Bonchev–Trinajstić information content (AvgIpc) is 3.01. The first kappa shape index (κ1) is 16.2. The van der Waals surface area contributed by atoms with Gasteiger partial charge in [-0.15, -0.1) is 0 Å². The van der Waals surface area contributed by atoms with Gasteiger partial charge >= 0.3 is 0 Å². The topological polar surface area (TPSA) is 105 Å². The molecule has 23 heavy (non-hydrogen) atoms. The van der Waals surface area contributed by atoms with Gasteiger partial charge in [-0.05, 0) is 44.6 Å². The van der Waals surface area contributed by atoms with Crippen LogP contribution in [0.5, 0.6) is 0 Å². The molecular weight excluding hydrogens is 314 g/mol. The highest BCUT2D eigenvalue weighted by molar-refractivity contribution is 7.89. The smallest absolute Gasteiger partial charge is 0.211 e. The average molecular weight is 337 g/mol. The number of nitrogens with zero attached hydrogens (tertiary/aromatic N) is 3. The molecule has 0 aliphatic heterocycles. The lowest BCUT2D eigenvalue weighted by Crippen LogP contribution is -2.40. The quantitative estimate of drug-likeness (QED) is 0.882. The molecule has 126 valence electrons. The number of hydrogen-bond donors (Lipinski definition) is 2. The predicted octanol–water partition coefficient (Wildman–Crippen LogP) is 1.63. The molecule has 1 atom stereocenters. The van der Waals surface area contributed by atoms with Crippen molar-refractivity contribution in [1.82, 2.24) is 15.0 Å². The summed E-state index contributed by atoms with van der Waals surface area (Å²) in [5.74, 6) is 1.06. The van der Waals surface area contributed by atoms with Crippen molar-refractivity contribution in [3.8, 4) is 0 Å². The molecule has 7 nitrogen and oxygen atoms in total. The number of aromatic amines is 1. The van der Waals surface area contributed by atoms with Crippen molar-refractivity contribution in [2.75, 3.05) is 11.9 Å². The van der Waals surface area contributed by atoms with Crippen molar-refractivity contribution in [3.05, 3.63) is 18.6 Å². The van der Waals surface area contributed by atoms with E-state index >= 15 is 0 Å². The van der Waals surface area contributed by atoms with E-state index in [9.17, 15) is 8.42 Å². The van der Waals surface area contributed by atoms with Crippen molar-refractivity contribution < 1.29 is 8.42 Å². The van der Waals surface area contributed by atoms with Gasteiger partial charge in [0, 0.05) is 19.3 Å². The molecule has 3 rings (SSSR count). The minimum absolute atomic E-state index is 0.146. The summed E-state index contributed by atoms with van der Waals surface area (Å²) < 4.78 is 23.1. The summed E-state index contributed by atoms with van der Waals surface area (Å²) in [6.45, 7) is 1.72. The number of hydrogen-bond acceptors (Lipinski definition) is 5. The normalized spacial score (nSPS) is 23.8. The minimum Gasteiger partial charge on any atom is -0.356 e. The van der Waals surface area contributed by atoms with Gasteiger partial charge in [-0.25, -0.2) is 23.5 Å². The fourth-order valence-corrected chi connectivity index (χ4v) is 4.35. The highest BCUT2D eigenvalue weighted by Gasteiger charge is 2.32. The van der Waals surface area contributed by atoms with Gasteiger partial charge in [0.2, 0.25) is 10.0 Å². The van der Waals surface area contributed by atoms with E-state index in [0.29, 0.717) is 6.04 Å². The van der Waals surface area contributed by atoms with E-state index in [1.165, 1.54) is 0 Å². The highest BCUT2D eigenvalue weighted by Crippen LogP contribution is 2.33. The van der Waals surface area contributed by atoms with E-state index in [4.69, 9.17) is 5.14 Å². The largest absolute Gasteiger partial charge is 0.356 e. The highest BCUT2D eigenvalue weighted by atomic mass is 32.2. The molecule has 1 unspecified atom stereocenters. The summed E-state index contributed by atoms with van der Waals surface area (Å²) in [6.07, 6.45) is 7.05. The number of nitrogens with one attached hydrogen (secondary N) is 1. The molecule has 8 heteroatoms. The van der Waals surface area contributed by atoms with Crippen molar-refractivity contribution >= 4 is 26.9 Å². The Kier molecular flexibility index (Phi) is 4.29. The van der Waals surface area contributed by atoms with E-state index < -0.39 is 15.3 Å². The fourth-order valence-electron chi connectivity index (χ4n) is 3.54. The van der Waals surface area contributed by atoms with Gasteiger partial charge in [0.1, 0.15) is 17.8 Å². The van der Waals surface area contributed by atoms with Gasteiger partial charge in [-0.3, -0.25) is 0 Å². The monoisotopic (exact) mass is 337 g/mol. The van der Waals surface area contributed by atoms with E-state index in [2.05, 4.69) is 19.9 Å². The third-order valence-electron chi connectivity index (χ3n) is 5.14. The second kappa shape index (κ2) is 6.09. The lowest BCUT2D eigenvalue weighted by Gasteiger charge is -2.36. The molecule has 1 fully saturated rings. The molecule has 1 aliphatic rings. The number of rotatable bonds is 4. The Bertz CT molecular complexity index is 780. The van der Waals surface area contributed by atoms with Crippen LogP contribution in [-0.4, -0.2) is 41.7 Å². The number of sulfonamides is 1. The van der Waals surface area contributed by atoms with Crippen LogP contribution in [0.3, 0.4) is 0 Å². The van der Waals surface area contributed by atoms with Crippen LogP contribution in [0.25, 0.3) is 11.0 Å². The number of H-pyrrole nitrogens is 1. The minimum atomic E-state index is -3.45. The SMILES string of the molecule is CC(C1CCC(N(C)c2ncnc3[nH]ccc23)CC1)S(N)(=O)=O. The molecule has 2 aromatic heterocycles. The second-order valence-electron chi connectivity index (χ2n) is 6.41. The summed E-state index contributed by atoms with van der Waals surface area (Å²) in [5, 5.41) is 5.83. The zero-order valence-corrected chi connectivity index (χ0v) is 14.3. The Morgan fingerprint density at radius 2 is 2.00 bits per heavy atom. The maximum absolute atomic E-state index is 11.5. The second-order valence-corrected chi connectivity index (χ2v) is 8.33. The molecular formula is C15H23N5O2S. The Hall–Kier alpha value is -1.67. The van der Waals surface area contributed by atoms with Crippen LogP contribution < -0.4 is 10.0 Å². The predicted molar refractivity (Wildman–Crippen MR) is 90.6 cm³/mol. The van der Waals surface area contributed by atoms with E-state index in [-0.39, 0.29) is 5.92 Å². The molecule has 1 aliphatic carbocycles. The maximum Gasteiger partial charge on any atom is 0.211 e. The summed E-state index contributed by atoms with van der Waals surface area (Å²) in [5.41, 5.74) is 0.832. The Labute approximate surface area is 136 Å². The van der Waals surface area contributed by atoms with Gasteiger partial charge < -0.3 is 9.88 Å². The third kappa shape index (κ3) is 3.18. The van der Waals surface area contributed by atoms with Gasteiger partial charge in [-0.1, -0.05) is 0 Å². The standard InChI is InChI=1S/C15H23N5O2S/c1-10(23(16,21)22)11-3-5-12(6-4-11)20(2)15-13-7-8-17-14(13)18-9-19-15/h7-12H,3-6H2,1-2H3,(H2,16,21,22)(H,17,18,19). The molecule has 0 amide bonds. The van der Waals surface area contributed by atoms with Crippen molar-refractivity contribution in [2.45, 2.75) is 43.9 Å². The Balaban J connectivity index is 1.71. The molecule has 3 N–H and O–H groups in total. The van der Waals surface area contributed by atoms with Crippen LogP contribution in [0.2, 0.25) is 0 Å². The molecule has 0 aromatic carbocycles. The van der Waals surface area contributed by atoms with Crippen LogP contribution >= 0.6 is 0 Å². The molecule has 0 saturated heterocycles. The van der Waals surface area contributed by atoms with Gasteiger partial charge in [0.05, 0.1) is 10.6 Å². The number of fused-ring (bicyclic) bond motifs is 1. The Morgan fingerprint density at radius 3 is 2.65 bits per heavy atom. The zero-order chi connectivity index (χ0) is 16.6. The third-order valence-corrected chi connectivity index (χ3v) is 6.56.